The molecule has 106 valence electrons. The Morgan fingerprint density at radius 3 is 1.60 bits per heavy atom. The van der Waals surface area contributed by atoms with Crippen LogP contribution in [0.5, 0.6) is 0 Å². The lowest BCUT2D eigenvalue weighted by Crippen LogP contribution is -2.31. The van der Waals surface area contributed by atoms with Crippen LogP contribution in [0, 0.1) is 0 Å². The van der Waals surface area contributed by atoms with E-state index in [9.17, 15) is 0 Å². The molecule has 0 saturated heterocycles. The molecule has 0 saturated carbocycles. The summed E-state index contributed by atoms with van der Waals surface area (Å²) < 4.78 is 0. The number of likely N-dealkylation sites (N-methyl/N-ethyl adjacent to an activating group) is 1. The van der Waals surface area contributed by atoms with Crippen molar-refractivity contribution in [1.29, 1.82) is 0 Å². The second kappa shape index (κ2) is 7.72. The van der Waals surface area contributed by atoms with E-state index in [1.807, 2.05) is 24.8 Å². The summed E-state index contributed by atoms with van der Waals surface area (Å²) in [5, 5.41) is 0. The Bertz CT molecular complexity index is 443. The Labute approximate surface area is 121 Å². The predicted octanol–water partition coefficient (Wildman–Crippen LogP) is 2.04. The van der Waals surface area contributed by atoms with Gasteiger partial charge < -0.3 is 4.90 Å². The van der Waals surface area contributed by atoms with Gasteiger partial charge in [-0.2, -0.15) is 0 Å². The van der Waals surface area contributed by atoms with Gasteiger partial charge in [0.1, 0.15) is 0 Å². The van der Waals surface area contributed by atoms with Crippen molar-refractivity contribution in [2.75, 3.05) is 27.2 Å². The smallest absolute Gasteiger partial charge is 0.0271 e. The molecule has 0 fully saturated rings. The second-order valence-electron chi connectivity index (χ2n) is 5.22. The first-order valence-electron chi connectivity index (χ1n) is 6.89. The third-order valence-corrected chi connectivity index (χ3v) is 3.17. The molecule has 0 atom stereocenters. The second-order valence-corrected chi connectivity index (χ2v) is 5.22. The monoisotopic (exact) mass is 270 g/mol. The third-order valence-electron chi connectivity index (χ3n) is 3.17. The van der Waals surface area contributed by atoms with Gasteiger partial charge in [-0.15, -0.1) is 0 Å². The van der Waals surface area contributed by atoms with Crippen molar-refractivity contribution in [2.24, 2.45) is 0 Å². The van der Waals surface area contributed by atoms with Gasteiger partial charge in [0.15, 0.2) is 0 Å². The van der Waals surface area contributed by atoms with Gasteiger partial charge in [0, 0.05) is 51.0 Å². The molecular formula is C16H22N4. The largest absolute Gasteiger partial charge is 0.308 e. The summed E-state index contributed by atoms with van der Waals surface area (Å²) in [5.41, 5.74) is 2.60. The van der Waals surface area contributed by atoms with Crippen LogP contribution in [0.3, 0.4) is 0 Å². The molecule has 2 aromatic heterocycles. The fourth-order valence-electron chi connectivity index (χ4n) is 2.05. The Morgan fingerprint density at radius 1 is 0.750 bits per heavy atom. The molecule has 0 aliphatic rings. The van der Waals surface area contributed by atoms with Crippen LogP contribution < -0.4 is 0 Å². The third kappa shape index (κ3) is 5.07. The number of rotatable bonds is 7. The summed E-state index contributed by atoms with van der Waals surface area (Å²) in [7, 11) is 4.22. The quantitative estimate of drug-likeness (QED) is 0.770. The van der Waals surface area contributed by atoms with Gasteiger partial charge in [0.05, 0.1) is 0 Å². The zero-order valence-electron chi connectivity index (χ0n) is 12.2. The highest BCUT2D eigenvalue weighted by molar-refractivity contribution is 5.12. The van der Waals surface area contributed by atoms with Crippen molar-refractivity contribution in [1.82, 2.24) is 19.8 Å². The molecule has 0 aliphatic carbocycles. The summed E-state index contributed by atoms with van der Waals surface area (Å²) >= 11 is 0. The number of aromatic nitrogens is 2. The lowest BCUT2D eigenvalue weighted by molar-refractivity contribution is 0.226. The highest BCUT2D eigenvalue weighted by atomic mass is 15.2. The van der Waals surface area contributed by atoms with Crippen molar-refractivity contribution >= 4 is 0 Å². The van der Waals surface area contributed by atoms with Crippen molar-refractivity contribution in [3.8, 4) is 0 Å². The topological polar surface area (TPSA) is 32.3 Å². The van der Waals surface area contributed by atoms with Crippen molar-refractivity contribution in [3.63, 3.8) is 0 Å². The van der Waals surface area contributed by atoms with Crippen LogP contribution in [0.2, 0.25) is 0 Å². The van der Waals surface area contributed by atoms with Gasteiger partial charge in [-0.3, -0.25) is 14.9 Å². The van der Waals surface area contributed by atoms with Gasteiger partial charge in [-0.1, -0.05) is 0 Å². The molecule has 4 nitrogen and oxygen atoms in total. The van der Waals surface area contributed by atoms with E-state index in [2.05, 4.69) is 58.1 Å². The lowest BCUT2D eigenvalue weighted by atomic mass is 10.2. The van der Waals surface area contributed by atoms with Gasteiger partial charge >= 0.3 is 0 Å². The standard InChI is InChI=1S/C16H22N4/c1-19(2)11-12-20(13-15-3-7-17-8-4-15)14-16-5-9-18-10-6-16/h3-10H,11-14H2,1-2H3. The van der Waals surface area contributed by atoms with Crippen LogP contribution >= 0.6 is 0 Å². The van der Waals surface area contributed by atoms with E-state index in [4.69, 9.17) is 0 Å². The van der Waals surface area contributed by atoms with Gasteiger partial charge in [-0.05, 0) is 49.5 Å². The van der Waals surface area contributed by atoms with E-state index in [1.54, 1.807) is 0 Å². The van der Waals surface area contributed by atoms with Crippen LogP contribution in [-0.4, -0.2) is 47.0 Å². The highest BCUT2D eigenvalue weighted by Gasteiger charge is 2.07. The molecular weight excluding hydrogens is 248 g/mol. The maximum absolute atomic E-state index is 4.08. The van der Waals surface area contributed by atoms with Gasteiger partial charge in [0.2, 0.25) is 0 Å². The summed E-state index contributed by atoms with van der Waals surface area (Å²) in [6, 6.07) is 8.31. The molecule has 20 heavy (non-hydrogen) atoms. The van der Waals surface area contributed by atoms with Crippen LogP contribution in [0.25, 0.3) is 0 Å². The van der Waals surface area contributed by atoms with E-state index in [1.165, 1.54) is 11.1 Å². The molecule has 0 N–H and O–H groups in total. The van der Waals surface area contributed by atoms with Crippen molar-refractivity contribution in [3.05, 3.63) is 60.2 Å². The molecule has 0 bridgehead atoms. The van der Waals surface area contributed by atoms with Crippen molar-refractivity contribution < 1.29 is 0 Å². The molecule has 2 heterocycles. The summed E-state index contributed by atoms with van der Waals surface area (Å²) in [6.07, 6.45) is 7.41. The predicted molar refractivity (Wildman–Crippen MR) is 81.1 cm³/mol. The first-order chi connectivity index (χ1) is 9.74. The number of hydrogen-bond acceptors (Lipinski definition) is 4. The molecule has 0 aromatic carbocycles. The molecule has 0 radical (unpaired) electrons. The number of nitrogens with zero attached hydrogens (tertiary/aromatic N) is 4. The number of pyridine rings is 2. The summed E-state index contributed by atoms with van der Waals surface area (Å²) in [5.74, 6) is 0. The van der Waals surface area contributed by atoms with Crippen LogP contribution in [0.1, 0.15) is 11.1 Å². The molecule has 4 heteroatoms. The Balaban J connectivity index is 2.00. The fraction of sp³-hybridized carbons (Fsp3) is 0.375. The first-order valence-corrected chi connectivity index (χ1v) is 6.89. The molecule has 0 unspecified atom stereocenters. The summed E-state index contributed by atoms with van der Waals surface area (Å²) in [6.45, 7) is 3.98. The average molecular weight is 270 g/mol. The minimum atomic E-state index is 0.943. The molecule has 0 aliphatic heterocycles. The van der Waals surface area contributed by atoms with E-state index >= 15 is 0 Å². The van der Waals surface area contributed by atoms with Gasteiger partial charge in [-0.25, -0.2) is 0 Å². The maximum Gasteiger partial charge on any atom is 0.0271 e. The average Bonchev–Trinajstić information content (AvgIpc) is 2.47. The van der Waals surface area contributed by atoms with Crippen LogP contribution in [0.15, 0.2) is 49.1 Å². The molecule has 0 amide bonds. The fourth-order valence-corrected chi connectivity index (χ4v) is 2.05. The van der Waals surface area contributed by atoms with Crippen molar-refractivity contribution in [2.45, 2.75) is 13.1 Å². The van der Waals surface area contributed by atoms with E-state index < -0.39 is 0 Å². The zero-order chi connectivity index (χ0) is 14.2. The van der Waals surface area contributed by atoms with Crippen LogP contribution in [0.4, 0.5) is 0 Å². The maximum atomic E-state index is 4.08. The highest BCUT2D eigenvalue weighted by Crippen LogP contribution is 2.08. The molecule has 2 rings (SSSR count). The molecule has 0 spiro atoms. The normalized spacial score (nSPS) is 11.2. The van der Waals surface area contributed by atoms with E-state index in [0.717, 1.165) is 26.2 Å². The lowest BCUT2D eigenvalue weighted by Gasteiger charge is -2.24. The van der Waals surface area contributed by atoms with Crippen LogP contribution in [-0.2, 0) is 13.1 Å². The Hall–Kier alpha value is -1.78. The molecule has 2 aromatic rings. The number of hydrogen-bond donors (Lipinski definition) is 0. The summed E-state index contributed by atoms with van der Waals surface area (Å²) in [4.78, 5) is 12.8. The minimum Gasteiger partial charge on any atom is -0.308 e. The zero-order valence-corrected chi connectivity index (χ0v) is 12.2. The van der Waals surface area contributed by atoms with E-state index in [-0.39, 0.29) is 0 Å². The Kier molecular flexibility index (Phi) is 5.65. The van der Waals surface area contributed by atoms with E-state index in [0.29, 0.717) is 0 Å². The first kappa shape index (κ1) is 14.6. The SMILES string of the molecule is CN(C)CCN(Cc1ccncc1)Cc1ccncc1. The van der Waals surface area contributed by atoms with Gasteiger partial charge in [0.25, 0.3) is 0 Å². The minimum absolute atomic E-state index is 0.943. The Morgan fingerprint density at radius 2 is 1.20 bits per heavy atom.